The van der Waals surface area contributed by atoms with E-state index in [1.807, 2.05) is 11.9 Å². The van der Waals surface area contributed by atoms with Crippen molar-refractivity contribution in [3.8, 4) is 0 Å². The summed E-state index contributed by atoms with van der Waals surface area (Å²) < 4.78 is 14.3. The topological polar surface area (TPSA) is 16.1 Å². The lowest BCUT2D eigenvalue weighted by molar-refractivity contribution is 0.457. The molecule has 0 radical (unpaired) electrons. The molecule has 84 valence electrons. The molecule has 1 rings (SSSR count). The van der Waals surface area contributed by atoms with Gasteiger partial charge in [-0.25, -0.2) is 9.37 Å². The summed E-state index contributed by atoms with van der Waals surface area (Å²) in [5, 5.41) is 0. The molecule has 0 aromatic carbocycles. The van der Waals surface area contributed by atoms with E-state index in [4.69, 9.17) is 0 Å². The smallest absolute Gasteiger partial charge is 0.166 e. The van der Waals surface area contributed by atoms with Gasteiger partial charge in [0.2, 0.25) is 0 Å². The summed E-state index contributed by atoms with van der Waals surface area (Å²) >= 11 is 3.19. The third-order valence-corrected chi connectivity index (χ3v) is 3.31. The van der Waals surface area contributed by atoms with E-state index in [1.54, 1.807) is 6.20 Å². The van der Waals surface area contributed by atoms with Gasteiger partial charge in [-0.15, -0.1) is 0 Å². The van der Waals surface area contributed by atoms with Gasteiger partial charge < -0.3 is 4.90 Å². The van der Waals surface area contributed by atoms with Gasteiger partial charge in [-0.3, -0.25) is 0 Å². The van der Waals surface area contributed by atoms with E-state index in [2.05, 4.69) is 41.7 Å². The minimum Gasteiger partial charge on any atom is -0.352 e. The number of halogens is 2. The normalized spacial score (nSPS) is 11.6. The van der Waals surface area contributed by atoms with E-state index < -0.39 is 0 Å². The summed E-state index contributed by atoms with van der Waals surface area (Å²) in [7, 11) is 1.86. The molecule has 0 atom stereocenters. The third-order valence-electron chi connectivity index (χ3n) is 2.88. The third kappa shape index (κ3) is 2.68. The molecule has 0 aliphatic heterocycles. The Hall–Kier alpha value is -0.640. The molecule has 0 aliphatic rings. The molecule has 1 heterocycles. The van der Waals surface area contributed by atoms with E-state index >= 15 is 0 Å². The highest BCUT2D eigenvalue weighted by molar-refractivity contribution is 9.10. The molecule has 0 saturated heterocycles. The predicted octanol–water partition coefficient (Wildman–Crippen LogP) is 3.61. The average molecular weight is 275 g/mol. The molecule has 4 heteroatoms. The number of aromatic nitrogens is 1. The van der Waals surface area contributed by atoms with Crippen LogP contribution in [0.4, 0.5) is 10.2 Å². The summed E-state index contributed by atoms with van der Waals surface area (Å²) in [5.41, 5.74) is -0.0956. The molecule has 0 N–H and O–H groups in total. The number of hydrogen-bond acceptors (Lipinski definition) is 2. The molecule has 0 spiro atoms. The Balaban J connectivity index is 3.06. The van der Waals surface area contributed by atoms with Crippen LogP contribution in [0, 0.1) is 5.82 Å². The zero-order valence-corrected chi connectivity index (χ0v) is 11.1. The van der Waals surface area contributed by atoms with Crippen molar-refractivity contribution in [3.05, 3.63) is 22.6 Å². The zero-order chi connectivity index (χ0) is 11.6. The summed E-state index contributed by atoms with van der Waals surface area (Å²) in [4.78, 5) is 5.97. The maximum Gasteiger partial charge on any atom is 0.166 e. The summed E-state index contributed by atoms with van der Waals surface area (Å²) in [6.07, 6.45) is 2.54. The number of hydrogen-bond donors (Lipinski definition) is 0. The van der Waals surface area contributed by atoms with Gasteiger partial charge in [0.15, 0.2) is 11.6 Å². The molecule has 0 amide bonds. The Bertz CT molecular complexity index is 352. The van der Waals surface area contributed by atoms with Gasteiger partial charge in [0, 0.05) is 23.3 Å². The van der Waals surface area contributed by atoms with Gasteiger partial charge in [-0.2, -0.15) is 0 Å². The molecular formula is C11H16BrFN2. The molecule has 1 aromatic heterocycles. The number of rotatable bonds is 3. The minimum atomic E-state index is -0.298. The van der Waals surface area contributed by atoms with E-state index in [0.29, 0.717) is 10.3 Å². The first-order valence-corrected chi connectivity index (χ1v) is 5.72. The number of anilines is 1. The Labute approximate surface area is 98.6 Å². The van der Waals surface area contributed by atoms with Crippen molar-refractivity contribution < 1.29 is 4.39 Å². The summed E-state index contributed by atoms with van der Waals surface area (Å²) in [6.45, 7) is 6.21. The quantitative estimate of drug-likeness (QED) is 0.837. The van der Waals surface area contributed by atoms with Crippen molar-refractivity contribution in [2.75, 3.05) is 11.9 Å². The maximum atomic E-state index is 13.6. The van der Waals surface area contributed by atoms with Crippen LogP contribution in [0.15, 0.2) is 16.7 Å². The van der Waals surface area contributed by atoms with E-state index in [-0.39, 0.29) is 11.4 Å². The molecule has 0 saturated carbocycles. The molecule has 0 aliphatic carbocycles. The van der Waals surface area contributed by atoms with Crippen LogP contribution in [-0.4, -0.2) is 17.6 Å². The molecule has 2 nitrogen and oxygen atoms in total. The lowest BCUT2D eigenvalue weighted by atomic mass is 10.00. The van der Waals surface area contributed by atoms with Gasteiger partial charge in [-0.1, -0.05) is 6.92 Å². The highest BCUT2D eigenvalue weighted by Gasteiger charge is 2.24. The van der Waals surface area contributed by atoms with Gasteiger partial charge in [0.05, 0.1) is 0 Å². The van der Waals surface area contributed by atoms with Gasteiger partial charge in [0.25, 0.3) is 0 Å². The van der Waals surface area contributed by atoms with Crippen molar-refractivity contribution in [1.29, 1.82) is 0 Å². The van der Waals surface area contributed by atoms with Gasteiger partial charge in [0.1, 0.15) is 0 Å². The molecule has 1 aromatic rings. The zero-order valence-electron chi connectivity index (χ0n) is 9.51. The Morgan fingerprint density at radius 3 is 2.60 bits per heavy atom. The van der Waals surface area contributed by atoms with Gasteiger partial charge in [-0.05, 0) is 42.3 Å². The highest BCUT2D eigenvalue weighted by Crippen LogP contribution is 2.26. The predicted molar refractivity (Wildman–Crippen MR) is 64.7 cm³/mol. The van der Waals surface area contributed by atoms with Crippen LogP contribution in [0.3, 0.4) is 0 Å². The second-order valence-electron chi connectivity index (χ2n) is 4.18. The second kappa shape index (κ2) is 4.47. The van der Waals surface area contributed by atoms with Crippen molar-refractivity contribution in [2.45, 2.75) is 32.7 Å². The fraction of sp³-hybridized carbons (Fsp3) is 0.545. The van der Waals surface area contributed by atoms with Crippen molar-refractivity contribution in [1.82, 2.24) is 4.98 Å². The second-order valence-corrected chi connectivity index (χ2v) is 5.10. The fourth-order valence-electron chi connectivity index (χ4n) is 1.18. The van der Waals surface area contributed by atoms with Crippen molar-refractivity contribution in [2.24, 2.45) is 0 Å². The first-order chi connectivity index (χ1) is 6.88. The molecule has 0 fully saturated rings. The van der Waals surface area contributed by atoms with E-state index in [1.165, 1.54) is 6.07 Å². The molecule has 15 heavy (non-hydrogen) atoms. The SMILES string of the molecule is CCC(C)(C)N(C)c1ncc(Br)cc1F. The van der Waals surface area contributed by atoms with Crippen LogP contribution < -0.4 is 4.90 Å². The lowest BCUT2D eigenvalue weighted by Gasteiger charge is -2.35. The Kier molecular flexibility index (Phi) is 3.71. The van der Waals surface area contributed by atoms with E-state index in [0.717, 1.165) is 6.42 Å². The lowest BCUT2D eigenvalue weighted by Crippen LogP contribution is -2.41. The molecular weight excluding hydrogens is 259 g/mol. The monoisotopic (exact) mass is 274 g/mol. The highest BCUT2D eigenvalue weighted by atomic mass is 79.9. The summed E-state index contributed by atoms with van der Waals surface area (Å²) in [6, 6.07) is 1.44. The first-order valence-electron chi connectivity index (χ1n) is 4.93. The molecule has 0 bridgehead atoms. The van der Waals surface area contributed by atoms with Crippen LogP contribution >= 0.6 is 15.9 Å². The van der Waals surface area contributed by atoms with E-state index in [9.17, 15) is 4.39 Å². The van der Waals surface area contributed by atoms with Crippen molar-refractivity contribution >= 4 is 21.7 Å². The largest absolute Gasteiger partial charge is 0.352 e. The standard InChI is InChI=1S/C11H16BrFN2/c1-5-11(2,3)15(4)10-9(13)6-8(12)7-14-10/h6-7H,5H2,1-4H3. The van der Waals surface area contributed by atoms with Crippen molar-refractivity contribution in [3.63, 3.8) is 0 Å². The number of nitrogens with zero attached hydrogens (tertiary/aromatic N) is 2. The average Bonchev–Trinajstić information content (AvgIpc) is 2.17. The fourth-order valence-corrected chi connectivity index (χ4v) is 1.48. The van der Waals surface area contributed by atoms with Crippen LogP contribution in [0.1, 0.15) is 27.2 Å². The van der Waals surface area contributed by atoms with Crippen LogP contribution in [-0.2, 0) is 0 Å². The van der Waals surface area contributed by atoms with Gasteiger partial charge >= 0.3 is 0 Å². The number of pyridine rings is 1. The van der Waals surface area contributed by atoms with Crippen LogP contribution in [0.2, 0.25) is 0 Å². The van der Waals surface area contributed by atoms with Crippen LogP contribution in [0.25, 0.3) is 0 Å². The summed E-state index contributed by atoms with van der Waals surface area (Å²) in [5.74, 6) is 0.0958. The Morgan fingerprint density at radius 2 is 2.13 bits per heavy atom. The first kappa shape index (κ1) is 12.4. The molecule has 0 unspecified atom stereocenters. The minimum absolute atomic E-state index is 0.0956. The Morgan fingerprint density at radius 1 is 1.53 bits per heavy atom. The van der Waals surface area contributed by atoms with Crippen LogP contribution in [0.5, 0.6) is 0 Å². The maximum absolute atomic E-state index is 13.6.